The predicted octanol–water partition coefficient (Wildman–Crippen LogP) is 3.02. The molecule has 0 aliphatic carbocycles. The predicted molar refractivity (Wildman–Crippen MR) is 64.5 cm³/mol. The SMILES string of the molecule is C[C@H]1CSC[C@@]1(O)c1ccccc1Br. The molecule has 0 bridgehead atoms. The van der Waals surface area contributed by atoms with E-state index in [0.29, 0.717) is 5.92 Å². The van der Waals surface area contributed by atoms with Crippen LogP contribution >= 0.6 is 27.7 Å². The quantitative estimate of drug-likeness (QED) is 0.848. The van der Waals surface area contributed by atoms with E-state index in [1.807, 2.05) is 36.0 Å². The zero-order valence-corrected chi connectivity index (χ0v) is 10.4. The van der Waals surface area contributed by atoms with Gasteiger partial charge in [0.15, 0.2) is 0 Å². The fourth-order valence-electron chi connectivity index (χ4n) is 1.83. The molecule has 3 heteroatoms. The zero-order chi connectivity index (χ0) is 10.2. The minimum atomic E-state index is -0.648. The Kier molecular flexibility index (Phi) is 2.91. The number of hydrogen-bond donors (Lipinski definition) is 1. The van der Waals surface area contributed by atoms with Gasteiger partial charge in [0.05, 0.1) is 0 Å². The number of hydrogen-bond acceptors (Lipinski definition) is 2. The van der Waals surface area contributed by atoms with Gasteiger partial charge in [-0.2, -0.15) is 11.8 Å². The fraction of sp³-hybridized carbons (Fsp3) is 0.455. The highest BCUT2D eigenvalue weighted by molar-refractivity contribution is 9.10. The van der Waals surface area contributed by atoms with Crippen molar-refractivity contribution in [2.24, 2.45) is 5.92 Å². The molecule has 0 radical (unpaired) electrons. The molecular weight excluding hydrogens is 260 g/mol. The van der Waals surface area contributed by atoms with E-state index in [-0.39, 0.29) is 0 Å². The summed E-state index contributed by atoms with van der Waals surface area (Å²) in [6, 6.07) is 7.95. The summed E-state index contributed by atoms with van der Waals surface area (Å²) in [6.07, 6.45) is 0. The molecule has 2 atom stereocenters. The van der Waals surface area contributed by atoms with E-state index >= 15 is 0 Å². The minimum Gasteiger partial charge on any atom is -0.384 e. The Balaban J connectivity index is 2.43. The highest BCUT2D eigenvalue weighted by Crippen LogP contribution is 2.43. The van der Waals surface area contributed by atoms with Crippen LogP contribution < -0.4 is 0 Å². The van der Waals surface area contributed by atoms with E-state index in [1.54, 1.807) is 0 Å². The third-order valence-corrected chi connectivity index (χ3v) is 4.92. The number of aliphatic hydroxyl groups is 1. The van der Waals surface area contributed by atoms with Crippen LogP contribution in [0, 0.1) is 5.92 Å². The topological polar surface area (TPSA) is 20.2 Å². The van der Waals surface area contributed by atoms with Crippen LogP contribution in [0.2, 0.25) is 0 Å². The standard InChI is InChI=1S/C11H13BrOS/c1-8-6-14-7-11(8,13)9-4-2-3-5-10(9)12/h2-5,8,13H,6-7H2,1H3/t8-,11-/m0/s1. The Morgan fingerprint density at radius 2 is 2.21 bits per heavy atom. The Labute approximate surface area is 97.0 Å². The first kappa shape index (κ1) is 10.5. The van der Waals surface area contributed by atoms with Crippen molar-refractivity contribution in [1.29, 1.82) is 0 Å². The molecule has 0 aromatic heterocycles. The molecule has 1 N–H and O–H groups in total. The number of halogens is 1. The average molecular weight is 273 g/mol. The van der Waals surface area contributed by atoms with Crippen molar-refractivity contribution >= 4 is 27.7 Å². The molecular formula is C11H13BrOS. The summed E-state index contributed by atoms with van der Waals surface area (Å²) < 4.78 is 1.01. The van der Waals surface area contributed by atoms with Gasteiger partial charge < -0.3 is 5.11 Å². The van der Waals surface area contributed by atoms with Gasteiger partial charge in [0.2, 0.25) is 0 Å². The molecule has 1 aromatic carbocycles. The van der Waals surface area contributed by atoms with E-state index < -0.39 is 5.60 Å². The molecule has 76 valence electrons. The van der Waals surface area contributed by atoms with Crippen LogP contribution in [0.4, 0.5) is 0 Å². The summed E-state index contributed by atoms with van der Waals surface area (Å²) in [5.74, 6) is 2.17. The molecule has 0 unspecified atom stereocenters. The number of rotatable bonds is 1. The summed E-state index contributed by atoms with van der Waals surface area (Å²) in [7, 11) is 0. The van der Waals surface area contributed by atoms with Crippen LogP contribution in [0.1, 0.15) is 12.5 Å². The van der Waals surface area contributed by atoms with Gasteiger partial charge in [-0.05, 0) is 23.3 Å². The van der Waals surface area contributed by atoms with Crippen LogP contribution in [-0.2, 0) is 5.60 Å². The van der Waals surface area contributed by atoms with Crippen LogP contribution in [-0.4, -0.2) is 16.6 Å². The second kappa shape index (κ2) is 3.87. The summed E-state index contributed by atoms with van der Waals surface area (Å²) in [5, 5.41) is 10.6. The van der Waals surface area contributed by atoms with Gasteiger partial charge in [0.25, 0.3) is 0 Å². The molecule has 14 heavy (non-hydrogen) atoms. The third kappa shape index (κ3) is 1.62. The van der Waals surface area contributed by atoms with E-state index in [0.717, 1.165) is 21.5 Å². The largest absolute Gasteiger partial charge is 0.384 e. The summed E-state index contributed by atoms with van der Waals surface area (Å²) in [5.41, 5.74) is 0.377. The molecule has 1 aliphatic heterocycles. The lowest BCUT2D eigenvalue weighted by molar-refractivity contribution is 0.0227. The first-order chi connectivity index (χ1) is 6.64. The maximum absolute atomic E-state index is 10.6. The third-order valence-electron chi connectivity index (χ3n) is 2.85. The first-order valence-electron chi connectivity index (χ1n) is 4.70. The van der Waals surface area contributed by atoms with Gasteiger partial charge in [-0.3, -0.25) is 0 Å². The lowest BCUT2D eigenvalue weighted by atomic mass is 9.85. The molecule has 1 heterocycles. The molecule has 0 amide bonds. The normalized spacial score (nSPS) is 32.1. The Morgan fingerprint density at radius 1 is 1.50 bits per heavy atom. The average Bonchev–Trinajstić information content (AvgIpc) is 2.49. The maximum Gasteiger partial charge on any atom is 0.103 e. The minimum absolute atomic E-state index is 0.325. The summed E-state index contributed by atoms with van der Waals surface area (Å²) in [4.78, 5) is 0. The molecule has 1 aliphatic rings. The number of benzene rings is 1. The molecule has 1 aromatic rings. The van der Waals surface area contributed by atoms with Crippen molar-refractivity contribution in [2.45, 2.75) is 12.5 Å². The lowest BCUT2D eigenvalue weighted by Crippen LogP contribution is -2.32. The Morgan fingerprint density at radius 3 is 2.79 bits per heavy atom. The molecule has 0 saturated carbocycles. The van der Waals surface area contributed by atoms with Gasteiger partial charge in [-0.25, -0.2) is 0 Å². The van der Waals surface area contributed by atoms with E-state index in [1.165, 1.54) is 0 Å². The highest BCUT2D eigenvalue weighted by Gasteiger charge is 2.41. The van der Waals surface area contributed by atoms with Gasteiger partial charge in [0.1, 0.15) is 5.60 Å². The smallest absolute Gasteiger partial charge is 0.103 e. The van der Waals surface area contributed by atoms with Crippen LogP contribution in [0.3, 0.4) is 0 Å². The van der Waals surface area contributed by atoms with Gasteiger partial charge in [-0.15, -0.1) is 0 Å². The summed E-state index contributed by atoms with van der Waals surface area (Å²) in [6.45, 7) is 2.11. The Bertz CT molecular complexity index is 342. The van der Waals surface area contributed by atoms with Crippen molar-refractivity contribution in [3.63, 3.8) is 0 Å². The maximum atomic E-state index is 10.6. The zero-order valence-electron chi connectivity index (χ0n) is 8.03. The highest BCUT2D eigenvalue weighted by atomic mass is 79.9. The monoisotopic (exact) mass is 272 g/mol. The van der Waals surface area contributed by atoms with Gasteiger partial charge in [0, 0.05) is 10.2 Å². The number of thioether (sulfide) groups is 1. The van der Waals surface area contributed by atoms with Crippen LogP contribution in [0.15, 0.2) is 28.7 Å². The van der Waals surface area contributed by atoms with E-state index in [4.69, 9.17) is 0 Å². The lowest BCUT2D eigenvalue weighted by Gasteiger charge is -2.28. The van der Waals surface area contributed by atoms with E-state index in [2.05, 4.69) is 22.9 Å². The molecule has 1 fully saturated rings. The Hall–Kier alpha value is 0.01000. The molecule has 1 saturated heterocycles. The van der Waals surface area contributed by atoms with Crippen molar-refractivity contribution in [3.05, 3.63) is 34.3 Å². The van der Waals surface area contributed by atoms with E-state index in [9.17, 15) is 5.11 Å². The fourth-order valence-corrected chi connectivity index (χ4v) is 3.95. The van der Waals surface area contributed by atoms with Gasteiger partial charge >= 0.3 is 0 Å². The van der Waals surface area contributed by atoms with Crippen molar-refractivity contribution < 1.29 is 5.11 Å². The molecule has 2 rings (SSSR count). The van der Waals surface area contributed by atoms with Crippen molar-refractivity contribution in [1.82, 2.24) is 0 Å². The molecule has 1 nitrogen and oxygen atoms in total. The van der Waals surface area contributed by atoms with Crippen LogP contribution in [0.25, 0.3) is 0 Å². The second-order valence-corrected chi connectivity index (χ2v) is 5.70. The summed E-state index contributed by atoms with van der Waals surface area (Å²) >= 11 is 5.32. The second-order valence-electron chi connectivity index (χ2n) is 3.82. The first-order valence-corrected chi connectivity index (χ1v) is 6.64. The van der Waals surface area contributed by atoms with Crippen molar-refractivity contribution in [3.8, 4) is 0 Å². The van der Waals surface area contributed by atoms with Crippen molar-refractivity contribution in [2.75, 3.05) is 11.5 Å². The molecule has 0 spiro atoms. The van der Waals surface area contributed by atoms with Gasteiger partial charge in [-0.1, -0.05) is 41.1 Å². The van der Waals surface area contributed by atoms with Crippen LogP contribution in [0.5, 0.6) is 0 Å².